The molecular weight excluding hydrogens is 262 g/mol. The van der Waals surface area contributed by atoms with E-state index in [0.717, 1.165) is 22.6 Å². The van der Waals surface area contributed by atoms with Gasteiger partial charge < -0.3 is 4.74 Å². The van der Waals surface area contributed by atoms with Crippen LogP contribution >= 0.6 is 28.6 Å². The second-order valence-corrected chi connectivity index (χ2v) is 4.26. The first kappa shape index (κ1) is 11.9. The van der Waals surface area contributed by atoms with Crippen molar-refractivity contribution in [3.8, 4) is 5.75 Å². The SMILES string of the molecule is COc1ccc(CN(C)CS)cc1Br. The topological polar surface area (TPSA) is 12.5 Å². The highest BCUT2D eigenvalue weighted by Crippen LogP contribution is 2.25. The summed E-state index contributed by atoms with van der Waals surface area (Å²) in [7, 11) is 3.70. The molecule has 1 rings (SSSR count). The lowest BCUT2D eigenvalue weighted by atomic mass is 10.2. The molecule has 0 amide bonds. The Morgan fingerprint density at radius 2 is 2.21 bits per heavy atom. The fourth-order valence-corrected chi connectivity index (χ4v) is 1.86. The number of thiol groups is 1. The van der Waals surface area contributed by atoms with Gasteiger partial charge in [0.15, 0.2) is 0 Å². The molecule has 0 aliphatic carbocycles. The smallest absolute Gasteiger partial charge is 0.133 e. The summed E-state index contributed by atoms with van der Waals surface area (Å²) in [6, 6.07) is 6.09. The standard InChI is InChI=1S/C10H14BrNOS/c1-12(7-14)6-8-3-4-10(13-2)9(11)5-8/h3-5,14H,6-7H2,1-2H3. The summed E-state index contributed by atoms with van der Waals surface area (Å²) in [5, 5.41) is 0. The van der Waals surface area contributed by atoms with Crippen molar-refractivity contribution in [1.29, 1.82) is 0 Å². The van der Waals surface area contributed by atoms with Crippen LogP contribution < -0.4 is 4.74 Å². The van der Waals surface area contributed by atoms with Crippen molar-refractivity contribution in [2.24, 2.45) is 0 Å². The molecule has 0 heterocycles. The maximum absolute atomic E-state index is 5.16. The molecule has 1 aromatic rings. The molecule has 0 unspecified atom stereocenters. The minimum atomic E-state index is 0.754. The summed E-state index contributed by atoms with van der Waals surface area (Å²) in [5.41, 5.74) is 1.24. The quantitative estimate of drug-likeness (QED) is 0.670. The molecule has 0 radical (unpaired) electrons. The van der Waals surface area contributed by atoms with Crippen LogP contribution in [0.2, 0.25) is 0 Å². The van der Waals surface area contributed by atoms with Crippen LogP contribution in [-0.4, -0.2) is 24.9 Å². The zero-order valence-electron chi connectivity index (χ0n) is 8.33. The zero-order chi connectivity index (χ0) is 10.6. The zero-order valence-corrected chi connectivity index (χ0v) is 10.8. The fourth-order valence-electron chi connectivity index (χ4n) is 1.17. The van der Waals surface area contributed by atoms with Crippen LogP contribution in [0.1, 0.15) is 5.56 Å². The summed E-state index contributed by atoms with van der Waals surface area (Å²) >= 11 is 7.66. The predicted octanol–water partition coefficient (Wildman–Crippen LogP) is 2.78. The van der Waals surface area contributed by atoms with Crippen LogP contribution in [0.3, 0.4) is 0 Å². The van der Waals surface area contributed by atoms with Gasteiger partial charge in [-0.15, -0.1) is 0 Å². The lowest BCUT2D eigenvalue weighted by Crippen LogP contribution is -2.15. The largest absolute Gasteiger partial charge is 0.496 e. The summed E-state index contributed by atoms with van der Waals surface area (Å²) in [4.78, 5) is 2.12. The van der Waals surface area contributed by atoms with Crippen molar-refractivity contribution in [1.82, 2.24) is 4.90 Å². The molecule has 0 aromatic heterocycles. The Hall–Kier alpha value is -0.190. The maximum Gasteiger partial charge on any atom is 0.133 e. The molecule has 2 nitrogen and oxygen atoms in total. The van der Waals surface area contributed by atoms with E-state index < -0.39 is 0 Å². The Bertz CT molecular complexity index is 306. The van der Waals surface area contributed by atoms with E-state index in [-0.39, 0.29) is 0 Å². The van der Waals surface area contributed by atoms with Crippen LogP contribution in [0.4, 0.5) is 0 Å². The number of ether oxygens (including phenoxy) is 1. The van der Waals surface area contributed by atoms with Gasteiger partial charge >= 0.3 is 0 Å². The number of halogens is 1. The first-order chi connectivity index (χ1) is 6.67. The minimum Gasteiger partial charge on any atom is -0.496 e. The summed E-state index contributed by atoms with van der Waals surface area (Å²) in [5.74, 6) is 1.62. The van der Waals surface area contributed by atoms with Crippen molar-refractivity contribution in [2.45, 2.75) is 6.54 Å². The fraction of sp³-hybridized carbons (Fsp3) is 0.400. The molecule has 0 bridgehead atoms. The Morgan fingerprint density at radius 1 is 1.50 bits per heavy atom. The van der Waals surface area contributed by atoms with Gasteiger partial charge in [0, 0.05) is 12.4 Å². The van der Waals surface area contributed by atoms with Gasteiger partial charge in [-0.25, -0.2) is 0 Å². The molecule has 0 spiro atoms. The average Bonchev–Trinajstić information content (AvgIpc) is 2.18. The Kier molecular flexibility index (Phi) is 4.78. The van der Waals surface area contributed by atoms with Gasteiger partial charge in [0.25, 0.3) is 0 Å². The normalized spacial score (nSPS) is 10.6. The van der Waals surface area contributed by atoms with Gasteiger partial charge in [0.1, 0.15) is 5.75 Å². The van der Waals surface area contributed by atoms with Crippen LogP contribution in [-0.2, 0) is 6.54 Å². The lowest BCUT2D eigenvalue weighted by molar-refractivity contribution is 0.386. The van der Waals surface area contributed by atoms with Crippen molar-refractivity contribution in [3.05, 3.63) is 28.2 Å². The lowest BCUT2D eigenvalue weighted by Gasteiger charge is -2.14. The number of rotatable bonds is 4. The first-order valence-electron chi connectivity index (χ1n) is 4.29. The molecular formula is C10H14BrNOS. The van der Waals surface area contributed by atoms with Crippen molar-refractivity contribution < 1.29 is 4.74 Å². The molecule has 0 atom stereocenters. The third-order valence-electron chi connectivity index (χ3n) is 1.91. The molecule has 0 saturated heterocycles. The highest BCUT2D eigenvalue weighted by Gasteiger charge is 2.02. The van der Waals surface area contributed by atoms with Crippen LogP contribution in [0.15, 0.2) is 22.7 Å². The van der Waals surface area contributed by atoms with Gasteiger partial charge in [0.2, 0.25) is 0 Å². The van der Waals surface area contributed by atoms with E-state index in [1.165, 1.54) is 5.56 Å². The molecule has 0 N–H and O–H groups in total. The van der Waals surface area contributed by atoms with Gasteiger partial charge in [-0.05, 0) is 40.7 Å². The number of benzene rings is 1. The highest BCUT2D eigenvalue weighted by atomic mass is 79.9. The number of hydrogen-bond acceptors (Lipinski definition) is 3. The van der Waals surface area contributed by atoms with E-state index in [1.54, 1.807) is 7.11 Å². The van der Waals surface area contributed by atoms with Gasteiger partial charge in [0.05, 0.1) is 11.6 Å². The van der Waals surface area contributed by atoms with Gasteiger partial charge in [-0.3, -0.25) is 4.90 Å². The minimum absolute atomic E-state index is 0.754. The molecule has 0 aliphatic rings. The molecule has 4 heteroatoms. The van der Waals surface area contributed by atoms with Crippen LogP contribution in [0.25, 0.3) is 0 Å². The van der Waals surface area contributed by atoms with E-state index in [4.69, 9.17) is 4.74 Å². The van der Waals surface area contributed by atoms with Crippen LogP contribution in [0.5, 0.6) is 5.75 Å². The first-order valence-corrected chi connectivity index (χ1v) is 5.71. The molecule has 0 aliphatic heterocycles. The number of hydrogen-bond donors (Lipinski definition) is 1. The number of nitrogens with zero attached hydrogens (tertiary/aromatic N) is 1. The third kappa shape index (κ3) is 3.19. The second-order valence-electron chi connectivity index (χ2n) is 3.12. The van der Waals surface area contributed by atoms with Crippen molar-refractivity contribution in [3.63, 3.8) is 0 Å². The summed E-state index contributed by atoms with van der Waals surface area (Å²) in [6.45, 7) is 0.895. The monoisotopic (exact) mass is 275 g/mol. The summed E-state index contributed by atoms with van der Waals surface area (Å²) in [6.07, 6.45) is 0. The Labute approximate surface area is 98.8 Å². The Morgan fingerprint density at radius 3 is 2.71 bits per heavy atom. The third-order valence-corrected chi connectivity index (χ3v) is 3.01. The predicted molar refractivity (Wildman–Crippen MR) is 66.0 cm³/mol. The number of methoxy groups -OCH3 is 1. The van der Waals surface area contributed by atoms with Crippen LogP contribution in [0, 0.1) is 0 Å². The van der Waals surface area contributed by atoms with E-state index in [0.29, 0.717) is 0 Å². The van der Waals surface area contributed by atoms with Crippen molar-refractivity contribution in [2.75, 3.05) is 20.0 Å². The Balaban J connectivity index is 2.76. The average molecular weight is 276 g/mol. The maximum atomic E-state index is 5.16. The molecule has 1 aromatic carbocycles. The van der Waals surface area contributed by atoms with E-state index in [2.05, 4.69) is 45.6 Å². The molecule has 0 saturated carbocycles. The van der Waals surface area contributed by atoms with E-state index >= 15 is 0 Å². The van der Waals surface area contributed by atoms with Gasteiger partial charge in [-0.2, -0.15) is 12.6 Å². The highest BCUT2D eigenvalue weighted by molar-refractivity contribution is 9.10. The molecule has 14 heavy (non-hydrogen) atoms. The summed E-state index contributed by atoms with van der Waals surface area (Å²) < 4.78 is 6.15. The van der Waals surface area contributed by atoms with Crippen molar-refractivity contribution >= 4 is 28.6 Å². The molecule has 78 valence electrons. The van der Waals surface area contributed by atoms with E-state index in [9.17, 15) is 0 Å². The van der Waals surface area contributed by atoms with E-state index in [1.807, 2.05) is 13.1 Å². The molecule has 0 fully saturated rings. The van der Waals surface area contributed by atoms with Gasteiger partial charge in [-0.1, -0.05) is 6.07 Å². The second kappa shape index (κ2) is 5.63.